The molecule has 0 saturated carbocycles. The number of amides is 1. The van der Waals surface area contributed by atoms with Gasteiger partial charge in [-0.3, -0.25) is 4.79 Å². The molecule has 0 aliphatic carbocycles. The Labute approximate surface area is 95.8 Å². The molecule has 2 N–H and O–H groups in total. The number of carbonyl (C=O) groups is 1. The standard InChI is InChI=1S/C11H18N4O/c12-7-10-3-6-15(10)11(16)8-14-9-1-4-13-5-2-9/h9-10,13-14H,1-6,8H2/t10-/m0/s1. The van der Waals surface area contributed by atoms with E-state index in [1.165, 1.54) is 0 Å². The molecule has 0 aromatic rings. The van der Waals surface area contributed by atoms with Crippen LogP contribution in [-0.2, 0) is 4.79 Å². The van der Waals surface area contributed by atoms with E-state index in [0.717, 1.165) is 38.9 Å². The van der Waals surface area contributed by atoms with Crippen molar-refractivity contribution in [2.24, 2.45) is 0 Å². The van der Waals surface area contributed by atoms with Gasteiger partial charge in [0.1, 0.15) is 6.04 Å². The average Bonchev–Trinajstić information content (AvgIpc) is 2.27. The van der Waals surface area contributed by atoms with Crippen LogP contribution in [0, 0.1) is 11.3 Å². The van der Waals surface area contributed by atoms with Crippen molar-refractivity contribution in [3.05, 3.63) is 0 Å². The number of hydrogen-bond acceptors (Lipinski definition) is 4. The highest BCUT2D eigenvalue weighted by Crippen LogP contribution is 2.15. The second-order valence-corrected chi connectivity index (χ2v) is 4.43. The summed E-state index contributed by atoms with van der Waals surface area (Å²) in [6.07, 6.45) is 2.99. The molecule has 16 heavy (non-hydrogen) atoms. The van der Waals surface area contributed by atoms with E-state index in [1.54, 1.807) is 4.90 Å². The van der Waals surface area contributed by atoms with Gasteiger partial charge in [-0.2, -0.15) is 5.26 Å². The van der Waals surface area contributed by atoms with Crippen molar-refractivity contribution in [2.45, 2.75) is 31.3 Å². The lowest BCUT2D eigenvalue weighted by molar-refractivity contribution is -0.136. The lowest BCUT2D eigenvalue weighted by Crippen LogP contribution is -2.54. The smallest absolute Gasteiger partial charge is 0.237 e. The number of nitrogens with zero attached hydrogens (tertiary/aromatic N) is 2. The van der Waals surface area contributed by atoms with Crippen molar-refractivity contribution in [1.82, 2.24) is 15.5 Å². The number of nitriles is 1. The van der Waals surface area contributed by atoms with Crippen LogP contribution >= 0.6 is 0 Å². The third-order valence-corrected chi connectivity index (χ3v) is 3.37. The third-order valence-electron chi connectivity index (χ3n) is 3.37. The molecule has 5 heteroatoms. The monoisotopic (exact) mass is 222 g/mol. The molecule has 1 amide bonds. The van der Waals surface area contributed by atoms with Crippen molar-refractivity contribution < 1.29 is 4.79 Å². The first-order valence-corrected chi connectivity index (χ1v) is 5.94. The second kappa shape index (κ2) is 5.28. The maximum absolute atomic E-state index is 11.7. The topological polar surface area (TPSA) is 68.2 Å². The largest absolute Gasteiger partial charge is 0.325 e. The van der Waals surface area contributed by atoms with Gasteiger partial charge >= 0.3 is 0 Å². The van der Waals surface area contributed by atoms with Gasteiger partial charge in [-0.05, 0) is 32.4 Å². The van der Waals surface area contributed by atoms with Crippen molar-refractivity contribution in [3.63, 3.8) is 0 Å². The minimum absolute atomic E-state index is 0.0660. The summed E-state index contributed by atoms with van der Waals surface area (Å²) in [6.45, 7) is 3.17. The highest BCUT2D eigenvalue weighted by atomic mass is 16.2. The quantitative estimate of drug-likeness (QED) is 0.672. The predicted molar refractivity (Wildman–Crippen MR) is 59.6 cm³/mol. The van der Waals surface area contributed by atoms with Gasteiger partial charge in [0.15, 0.2) is 0 Å². The van der Waals surface area contributed by atoms with Gasteiger partial charge in [0.05, 0.1) is 12.6 Å². The summed E-state index contributed by atoms with van der Waals surface area (Å²) in [6, 6.07) is 2.41. The average molecular weight is 222 g/mol. The number of piperidine rings is 1. The third kappa shape index (κ3) is 2.52. The van der Waals surface area contributed by atoms with Crippen LogP contribution < -0.4 is 10.6 Å². The Morgan fingerprint density at radius 2 is 2.19 bits per heavy atom. The van der Waals surface area contributed by atoms with Gasteiger partial charge in [-0.25, -0.2) is 0 Å². The molecule has 0 unspecified atom stereocenters. The molecule has 0 radical (unpaired) electrons. The molecule has 2 saturated heterocycles. The van der Waals surface area contributed by atoms with Crippen LogP contribution in [-0.4, -0.2) is 49.1 Å². The summed E-state index contributed by atoms with van der Waals surface area (Å²) in [5.74, 6) is 0.0660. The molecule has 2 heterocycles. The van der Waals surface area contributed by atoms with Crippen LogP contribution in [0.2, 0.25) is 0 Å². The molecule has 2 aliphatic rings. The summed E-state index contributed by atoms with van der Waals surface area (Å²) >= 11 is 0. The highest BCUT2D eigenvalue weighted by molar-refractivity contribution is 5.79. The molecule has 2 rings (SSSR count). The van der Waals surface area contributed by atoms with Crippen molar-refractivity contribution in [1.29, 1.82) is 5.26 Å². The molecule has 0 spiro atoms. The van der Waals surface area contributed by atoms with E-state index in [2.05, 4.69) is 16.7 Å². The summed E-state index contributed by atoms with van der Waals surface area (Å²) in [5.41, 5.74) is 0. The van der Waals surface area contributed by atoms with Gasteiger partial charge in [-0.15, -0.1) is 0 Å². The molecule has 0 bridgehead atoms. The van der Waals surface area contributed by atoms with Gasteiger partial charge < -0.3 is 15.5 Å². The molecule has 0 aromatic heterocycles. The van der Waals surface area contributed by atoms with Crippen LogP contribution in [0.1, 0.15) is 19.3 Å². The molecular weight excluding hydrogens is 204 g/mol. The Hall–Kier alpha value is -1.12. The fraction of sp³-hybridized carbons (Fsp3) is 0.818. The van der Waals surface area contributed by atoms with Crippen LogP contribution in [0.3, 0.4) is 0 Å². The predicted octanol–water partition coefficient (Wildman–Crippen LogP) is -0.548. The normalized spacial score (nSPS) is 25.9. The van der Waals surface area contributed by atoms with Gasteiger partial charge in [0, 0.05) is 12.6 Å². The van der Waals surface area contributed by atoms with Gasteiger partial charge in [-0.1, -0.05) is 0 Å². The SMILES string of the molecule is N#C[C@@H]1CCN1C(=O)CNC1CCNCC1. The molecule has 2 aliphatic heterocycles. The zero-order chi connectivity index (χ0) is 11.4. The van der Waals surface area contributed by atoms with E-state index in [-0.39, 0.29) is 11.9 Å². The highest BCUT2D eigenvalue weighted by Gasteiger charge is 2.31. The van der Waals surface area contributed by atoms with Crippen molar-refractivity contribution in [3.8, 4) is 6.07 Å². The van der Waals surface area contributed by atoms with Crippen LogP contribution in [0.4, 0.5) is 0 Å². The van der Waals surface area contributed by atoms with Gasteiger partial charge in [0.2, 0.25) is 5.91 Å². The fourth-order valence-electron chi connectivity index (χ4n) is 2.18. The molecule has 88 valence electrons. The number of rotatable bonds is 3. The van der Waals surface area contributed by atoms with E-state index in [0.29, 0.717) is 12.6 Å². The Kier molecular flexibility index (Phi) is 3.75. The minimum Gasteiger partial charge on any atom is -0.325 e. The Morgan fingerprint density at radius 3 is 2.75 bits per heavy atom. The van der Waals surface area contributed by atoms with Gasteiger partial charge in [0.25, 0.3) is 0 Å². The maximum atomic E-state index is 11.7. The molecule has 2 fully saturated rings. The van der Waals surface area contributed by atoms with Crippen LogP contribution in [0.25, 0.3) is 0 Å². The van der Waals surface area contributed by atoms with E-state index in [4.69, 9.17) is 5.26 Å². The first-order chi connectivity index (χ1) is 7.81. The Bertz CT molecular complexity index is 293. The molecule has 5 nitrogen and oxygen atoms in total. The number of likely N-dealkylation sites (tertiary alicyclic amines) is 1. The Morgan fingerprint density at radius 1 is 1.44 bits per heavy atom. The summed E-state index contributed by atoms with van der Waals surface area (Å²) in [4.78, 5) is 13.4. The molecular formula is C11H18N4O. The van der Waals surface area contributed by atoms with E-state index in [9.17, 15) is 4.79 Å². The zero-order valence-corrected chi connectivity index (χ0v) is 9.41. The lowest BCUT2D eigenvalue weighted by atomic mass is 10.0. The van der Waals surface area contributed by atoms with Crippen molar-refractivity contribution >= 4 is 5.91 Å². The summed E-state index contributed by atoms with van der Waals surface area (Å²) in [5, 5.41) is 15.3. The van der Waals surface area contributed by atoms with E-state index < -0.39 is 0 Å². The molecule has 0 aromatic carbocycles. The summed E-state index contributed by atoms with van der Waals surface area (Å²) < 4.78 is 0. The van der Waals surface area contributed by atoms with Crippen molar-refractivity contribution in [2.75, 3.05) is 26.2 Å². The maximum Gasteiger partial charge on any atom is 0.237 e. The first-order valence-electron chi connectivity index (χ1n) is 5.94. The lowest BCUT2D eigenvalue weighted by Gasteiger charge is -2.37. The fourth-order valence-corrected chi connectivity index (χ4v) is 2.18. The first kappa shape index (κ1) is 11.4. The summed E-state index contributed by atoms with van der Waals surface area (Å²) in [7, 11) is 0. The van der Waals surface area contributed by atoms with E-state index >= 15 is 0 Å². The minimum atomic E-state index is -0.178. The van der Waals surface area contributed by atoms with Crippen LogP contribution in [0.15, 0.2) is 0 Å². The zero-order valence-electron chi connectivity index (χ0n) is 9.41. The Balaban J connectivity index is 1.69. The number of carbonyl (C=O) groups excluding carboxylic acids is 1. The van der Waals surface area contributed by atoms with E-state index in [1.807, 2.05) is 0 Å². The number of hydrogen-bond donors (Lipinski definition) is 2. The van der Waals surface area contributed by atoms with Crippen LogP contribution in [0.5, 0.6) is 0 Å². The second-order valence-electron chi connectivity index (χ2n) is 4.43. The number of nitrogens with one attached hydrogen (secondary N) is 2. The molecule has 1 atom stereocenters.